The summed E-state index contributed by atoms with van der Waals surface area (Å²) >= 11 is 1.32. The van der Waals surface area contributed by atoms with E-state index in [0.29, 0.717) is 27.8 Å². The van der Waals surface area contributed by atoms with Crippen molar-refractivity contribution in [3.05, 3.63) is 58.5 Å². The molecule has 11 heteroatoms. The standard InChI is InChI=1S/C30H34FN7O2S/c1-4-24-28(35(3)29-33-27(26(13-32)41-29)20-5-7-21(31)8-6-20)25-12-22(11-19(2)38(25)34-24)37-10-9-30(18-37)16-36(17-30)14-23(40)15-39/h5-8,11-12,23,39-40H,4,9-10,14-18H2,1-3H3. The van der Waals surface area contributed by atoms with Crippen LogP contribution in [0.15, 0.2) is 36.4 Å². The highest BCUT2D eigenvalue weighted by molar-refractivity contribution is 7.16. The first kappa shape index (κ1) is 27.6. The van der Waals surface area contributed by atoms with E-state index in [-0.39, 0.29) is 17.8 Å². The molecular weight excluding hydrogens is 541 g/mol. The molecule has 6 rings (SSSR count). The maximum atomic E-state index is 13.5. The SMILES string of the molecule is CCc1nn2c(C)cc(N3CCC4(CN(CC(O)CO)C4)C3)cc2c1N(C)c1nc(-c2ccc(F)cc2)c(C#N)s1. The lowest BCUT2D eigenvalue weighted by molar-refractivity contribution is -0.0268. The van der Waals surface area contributed by atoms with Crippen molar-refractivity contribution in [3.63, 3.8) is 0 Å². The molecule has 2 N–H and O–H groups in total. The number of anilines is 3. The summed E-state index contributed by atoms with van der Waals surface area (Å²) < 4.78 is 15.5. The van der Waals surface area contributed by atoms with E-state index in [4.69, 9.17) is 10.1 Å². The number of aryl methyl sites for hydroxylation is 2. The Kier molecular flexibility index (Phi) is 7.20. The Morgan fingerprint density at radius 2 is 1.98 bits per heavy atom. The quantitative estimate of drug-likeness (QED) is 0.325. The molecule has 3 aromatic heterocycles. The molecule has 0 amide bonds. The van der Waals surface area contributed by atoms with Crippen molar-refractivity contribution in [2.45, 2.75) is 32.8 Å². The number of nitriles is 1. The summed E-state index contributed by atoms with van der Waals surface area (Å²) in [4.78, 5) is 12.0. The normalized spacial score (nSPS) is 17.2. The van der Waals surface area contributed by atoms with Crippen LogP contribution in [0.1, 0.15) is 29.6 Å². The molecule has 0 radical (unpaired) electrons. The molecule has 1 spiro atoms. The van der Waals surface area contributed by atoms with Gasteiger partial charge in [0.25, 0.3) is 0 Å². The summed E-state index contributed by atoms with van der Waals surface area (Å²) in [5, 5.41) is 34.5. The number of benzene rings is 1. The van der Waals surface area contributed by atoms with Gasteiger partial charge < -0.3 is 20.0 Å². The van der Waals surface area contributed by atoms with Gasteiger partial charge in [0.2, 0.25) is 0 Å². The van der Waals surface area contributed by atoms with Crippen molar-refractivity contribution in [2.75, 3.05) is 56.2 Å². The number of pyridine rings is 1. The zero-order valence-corrected chi connectivity index (χ0v) is 24.3. The first-order chi connectivity index (χ1) is 19.7. The Balaban J connectivity index is 1.31. The zero-order valence-electron chi connectivity index (χ0n) is 23.5. The van der Waals surface area contributed by atoms with Crippen LogP contribution in [0, 0.1) is 29.5 Å². The summed E-state index contributed by atoms with van der Waals surface area (Å²) in [7, 11) is 1.96. The molecule has 0 saturated carbocycles. The van der Waals surface area contributed by atoms with Crippen molar-refractivity contribution >= 4 is 33.4 Å². The molecule has 0 aliphatic carbocycles. The van der Waals surface area contributed by atoms with Crippen molar-refractivity contribution < 1.29 is 14.6 Å². The lowest BCUT2D eigenvalue weighted by Crippen LogP contribution is -2.59. The van der Waals surface area contributed by atoms with Gasteiger partial charge >= 0.3 is 0 Å². The Labute approximate surface area is 242 Å². The molecule has 9 nitrogen and oxygen atoms in total. The number of likely N-dealkylation sites (tertiary alicyclic amines) is 1. The molecule has 1 aromatic carbocycles. The van der Waals surface area contributed by atoms with Gasteiger partial charge in [0.15, 0.2) is 5.13 Å². The van der Waals surface area contributed by atoms with Crippen molar-refractivity contribution in [2.24, 2.45) is 5.41 Å². The number of nitrogens with zero attached hydrogens (tertiary/aromatic N) is 7. The third-order valence-corrected chi connectivity index (χ3v) is 9.37. The highest BCUT2D eigenvalue weighted by Crippen LogP contribution is 2.43. The summed E-state index contributed by atoms with van der Waals surface area (Å²) in [6.45, 7) is 8.25. The van der Waals surface area contributed by atoms with Crippen molar-refractivity contribution in [1.82, 2.24) is 19.5 Å². The summed E-state index contributed by atoms with van der Waals surface area (Å²) in [6, 6.07) is 12.7. The van der Waals surface area contributed by atoms with E-state index in [1.54, 1.807) is 12.1 Å². The number of hydrogen-bond acceptors (Lipinski definition) is 9. The maximum absolute atomic E-state index is 13.5. The second-order valence-electron chi connectivity index (χ2n) is 11.3. The van der Waals surface area contributed by atoms with Crippen molar-refractivity contribution in [3.8, 4) is 17.3 Å². The number of β-amino-alcohol motifs (C(OH)–C–C–N with tert-alkyl or cyclic N) is 1. The Hall–Kier alpha value is -3.56. The van der Waals surface area contributed by atoms with Crippen LogP contribution in [-0.2, 0) is 6.42 Å². The molecule has 4 aromatic rings. The molecule has 5 heterocycles. The van der Waals surface area contributed by atoms with Crippen LogP contribution in [0.2, 0.25) is 0 Å². The fraction of sp³-hybridized carbons (Fsp3) is 0.433. The number of hydrogen-bond donors (Lipinski definition) is 2. The highest BCUT2D eigenvalue weighted by atomic mass is 32.1. The smallest absolute Gasteiger partial charge is 0.191 e. The fourth-order valence-corrected chi connectivity index (χ4v) is 7.19. The van der Waals surface area contributed by atoms with Crippen LogP contribution in [0.4, 0.5) is 20.9 Å². The number of fused-ring (bicyclic) bond motifs is 1. The van der Waals surface area contributed by atoms with Gasteiger partial charge in [-0.05, 0) is 56.2 Å². The van der Waals surface area contributed by atoms with Crippen LogP contribution in [0.3, 0.4) is 0 Å². The molecular formula is C30H34FN7O2S. The first-order valence-electron chi connectivity index (χ1n) is 13.9. The first-order valence-corrected chi connectivity index (χ1v) is 14.7. The Morgan fingerprint density at radius 3 is 2.66 bits per heavy atom. The lowest BCUT2D eigenvalue weighted by Gasteiger charge is -2.48. The molecule has 214 valence electrons. The Morgan fingerprint density at radius 1 is 1.22 bits per heavy atom. The summed E-state index contributed by atoms with van der Waals surface area (Å²) in [5.74, 6) is -0.330. The van der Waals surface area contributed by atoms with Gasteiger partial charge in [-0.2, -0.15) is 10.4 Å². The summed E-state index contributed by atoms with van der Waals surface area (Å²) in [6.07, 6.45) is 1.14. The minimum Gasteiger partial charge on any atom is -0.394 e. The van der Waals surface area contributed by atoms with Crippen LogP contribution in [-0.4, -0.2) is 82.2 Å². The minimum absolute atomic E-state index is 0.205. The van der Waals surface area contributed by atoms with Gasteiger partial charge in [0, 0.05) is 62.1 Å². The predicted molar refractivity (Wildman–Crippen MR) is 158 cm³/mol. The number of aliphatic hydroxyl groups excluding tert-OH is 2. The number of aromatic nitrogens is 3. The van der Waals surface area contributed by atoms with E-state index >= 15 is 0 Å². The van der Waals surface area contributed by atoms with E-state index in [2.05, 4.69) is 41.8 Å². The molecule has 2 fully saturated rings. The van der Waals surface area contributed by atoms with E-state index in [1.807, 2.05) is 16.5 Å². The molecule has 0 bridgehead atoms. The fourth-order valence-electron chi connectivity index (χ4n) is 6.34. The van der Waals surface area contributed by atoms with Gasteiger partial charge in [-0.1, -0.05) is 18.3 Å². The second-order valence-corrected chi connectivity index (χ2v) is 12.3. The summed E-state index contributed by atoms with van der Waals surface area (Å²) in [5.41, 5.74) is 6.56. The average Bonchev–Trinajstić information content (AvgIpc) is 3.68. The van der Waals surface area contributed by atoms with Gasteiger partial charge in [0.1, 0.15) is 22.5 Å². The van der Waals surface area contributed by atoms with Crippen LogP contribution < -0.4 is 9.80 Å². The third-order valence-electron chi connectivity index (χ3n) is 8.33. The monoisotopic (exact) mass is 575 g/mol. The predicted octanol–water partition coefficient (Wildman–Crippen LogP) is 3.97. The van der Waals surface area contributed by atoms with E-state index in [9.17, 15) is 19.9 Å². The lowest BCUT2D eigenvalue weighted by atomic mass is 9.79. The van der Waals surface area contributed by atoms with E-state index in [1.165, 1.54) is 23.5 Å². The van der Waals surface area contributed by atoms with Gasteiger partial charge in [0.05, 0.1) is 29.6 Å². The van der Waals surface area contributed by atoms with Crippen molar-refractivity contribution in [1.29, 1.82) is 5.26 Å². The van der Waals surface area contributed by atoms with Gasteiger partial charge in [-0.25, -0.2) is 13.9 Å². The number of aliphatic hydroxyl groups is 2. The number of thiazole rings is 1. The molecule has 2 saturated heterocycles. The minimum atomic E-state index is -0.686. The largest absolute Gasteiger partial charge is 0.394 e. The highest BCUT2D eigenvalue weighted by Gasteiger charge is 2.47. The molecule has 2 aliphatic heterocycles. The van der Waals surface area contributed by atoms with Gasteiger partial charge in [-0.3, -0.25) is 4.90 Å². The zero-order chi connectivity index (χ0) is 28.9. The van der Waals surface area contributed by atoms with Crippen LogP contribution >= 0.6 is 11.3 Å². The second kappa shape index (κ2) is 10.7. The van der Waals surface area contributed by atoms with Crippen LogP contribution in [0.25, 0.3) is 16.8 Å². The Bertz CT molecular complexity index is 1620. The molecule has 1 unspecified atom stereocenters. The number of halogens is 1. The molecule has 2 aliphatic rings. The third kappa shape index (κ3) is 4.95. The van der Waals surface area contributed by atoms with Crippen LogP contribution in [0.5, 0.6) is 0 Å². The van der Waals surface area contributed by atoms with Gasteiger partial charge in [-0.15, -0.1) is 0 Å². The molecule has 1 atom stereocenters. The maximum Gasteiger partial charge on any atom is 0.191 e. The van der Waals surface area contributed by atoms with E-state index in [0.717, 1.165) is 67.3 Å². The topological polar surface area (TPSA) is 104 Å². The molecule has 41 heavy (non-hydrogen) atoms. The number of rotatable bonds is 8. The van der Waals surface area contributed by atoms with E-state index < -0.39 is 6.10 Å². The average molecular weight is 576 g/mol.